The Labute approximate surface area is 207 Å². The lowest BCUT2D eigenvalue weighted by atomic mass is 10.0. The van der Waals surface area contributed by atoms with Crippen molar-refractivity contribution in [2.24, 2.45) is 11.7 Å². The van der Waals surface area contributed by atoms with E-state index in [2.05, 4.69) is 9.97 Å². The van der Waals surface area contributed by atoms with E-state index < -0.39 is 0 Å². The van der Waals surface area contributed by atoms with Crippen molar-refractivity contribution in [3.63, 3.8) is 0 Å². The minimum Gasteiger partial charge on any atom is -0.491 e. The van der Waals surface area contributed by atoms with Gasteiger partial charge >= 0.3 is 0 Å². The maximum Gasteiger partial charge on any atom is 0.230 e. The summed E-state index contributed by atoms with van der Waals surface area (Å²) in [6, 6.07) is 17.7. The largest absolute Gasteiger partial charge is 0.491 e. The second-order valence-corrected chi connectivity index (χ2v) is 9.37. The second kappa shape index (κ2) is 11.0. The van der Waals surface area contributed by atoms with Gasteiger partial charge in [0.2, 0.25) is 5.91 Å². The van der Waals surface area contributed by atoms with Gasteiger partial charge in [-0.25, -0.2) is 9.97 Å². The van der Waals surface area contributed by atoms with Crippen LogP contribution in [0.2, 0.25) is 0 Å². The number of rotatable bonds is 10. The van der Waals surface area contributed by atoms with E-state index in [0.717, 1.165) is 34.7 Å². The summed E-state index contributed by atoms with van der Waals surface area (Å²) in [5, 5.41) is 0. The molecule has 1 aromatic heterocycles. The van der Waals surface area contributed by atoms with Crippen molar-refractivity contribution in [3.05, 3.63) is 72.8 Å². The fourth-order valence-electron chi connectivity index (χ4n) is 4.20. The third-order valence-electron chi connectivity index (χ3n) is 6.46. The van der Waals surface area contributed by atoms with Crippen LogP contribution in [0.3, 0.4) is 0 Å². The van der Waals surface area contributed by atoms with Crippen molar-refractivity contribution in [1.82, 2.24) is 9.97 Å². The Hall–Kier alpha value is -3.29. The van der Waals surface area contributed by atoms with Gasteiger partial charge in [-0.05, 0) is 68.7 Å². The van der Waals surface area contributed by atoms with Crippen molar-refractivity contribution in [2.45, 2.75) is 51.4 Å². The van der Waals surface area contributed by atoms with Crippen molar-refractivity contribution in [3.8, 4) is 16.9 Å². The van der Waals surface area contributed by atoms with Crippen LogP contribution in [-0.2, 0) is 9.53 Å². The first-order chi connectivity index (χ1) is 16.9. The number of hydrogen-bond donors (Lipinski definition) is 1. The fraction of sp³-hybridized carbons (Fsp3) is 0.393. The predicted molar refractivity (Wildman–Crippen MR) is 137 cm³/mol. The van der Waals surface area contributed by atoms with Gasteiger partial charge in [0.05, 0.1) is 12.2 Å². The van der Waals surface area contributed by atoms with Crippen molar-refractivity contribution in [2.75, 3.05) is 18.6 Å². The zero-order chi connectivity index (χ0) is 24.9. The molecule has 7 heteroatoms. The molecule has 4 atom stereocenters. The van der Waals surface area contributed by atoms with Crippen molar-refractivity contribution in [1.29, 1.82) is 0 Å². The highest BCUT2D eigenvalue weighted by atomic mass is 16.5. The summed E-state index contributed by atoms with van der Waals surface area (Å²) in [5.74, 6) is 0.925. The number of carbonyl (C=O) groups excluding carboxylic acids is 1. The zero-order valence-corrected chi connectivity index (χ0v) is 20.8. The van der Waals surface area contributed by atoms with Crippen LogP contribution >= 0.6 is 0 Å². The van der Waals surface area contributed by atoms with Gasteiger partial charge in [-0.3, -0.25) is 4.79 Å². The number of methoxy groups -OCH3 is 1. The molecule has 1 saturated carbocycles. The summed E-state index contributed by atoms with van der Waals surface area (Å²) in [6.07, 6.45) is 3.99. The molecule has 0 spiro atoms. The van der Waals surface area contributed by atoms with Crippen LogP contribution < -0.4 is 15.4 Å². The van der Waals surface area contributed by atoms with Gasteiger partial charge < -0.3 is 20.1 Å². The van der Waals surface area contributed by atoms with E-state index in [1.165, 1.54) is 6.33 Å². The van der Waals surface area contributed by atoms with Crippen LogP contribution in [0.5, 0.6) is 5.75 Å². The molecule has 7 nitrogen and oxygen atoms in total. The average molecular weight is 475 g/mol. The van der Waals surface area contributed by atoms with E-state index in [1.54, 1.807) is 18.2 Å². The highest BCUT2D eigenvalue weighted by Gasteiger charge is 2.47. The predicted octanol–water partition coefficient (Wildman–Crippen LogP) is 4.43. The van der Waals surface area contributed by atoms with E-state index in [9.17, 15) is 4.79 Å². The summed E-state index contributed by atoms with van der Waals surface area (Å²) in [5.41, 5.74) is 10.3. The second-order valence-electron chi connectivity index (χ2n) is 9.37. The molecule has 3 aromatic rings. The average Bonchev–Trinajstić information content (AvgIpc) is 3.68. The SMILES string of the molecule is CO[C@H](C)[C@H](N)CN(C(=O)[C@@H]1C[C@H]1c1ccncn1)c1ccc(-c2ccc(OC(C)C)cc2)cc1. The highest BCUT2D eigenvalue weighted by molar-refractivity contribution is 5.97. The summed E-state index contributed by atoms with van der Waals surface area (Å²) < 4.78 is 11.2. The normalized spacial score (nSPS) is 18.7. The van der Waals surface area contributed by atoms with Gasteiger partial charge in [-0.2, -0.15) is 0 Å². The quantitative estimate of drug-likeness (QED) is 0.468. The maximum absolute atomic E-state index is 13.6. The Morgan fingerprint density at radius 3 is 2.29 bits per heavy atom. The van der Waals surface area contributed by atoms with E-state index in [0.29, 0.717) is 6.54 Å². The van der Waals surface area contributed by atoms with Crippen LogP contribution in [0.15, 0.2) is 67.1 Å². The van der Waals surface area contributed by atoms with Gasteiger partial charge in [0, 0.05) is 49.1 Å². The molecule has 1 heterocycles. The molecule has 0 aliphatic heterocycles. The third-order valence-corrected chi connectivity index (χ3v) is 6.46. The molecule has 184 valence electrons. The summed E-state index contributed by atoms with van der Waals surface area (Å²) in [6.45, 7) is 6.32. The summed E-state index contributed by atoms with van der Waals surface area (Å²) in [4.78, 5) is 23.7. The van der Waals surface area contributed by atoms with E-state index in [1.807, 2.05) is 75.4 Å². The molecule has 2 aromatic carbocycles. The summed E-state index contributed by atoms with van der Waals surface area (Å²) in [7, 11) is 1.63. The summed E-state index contributed by atoms with van der Waals surface area (Å²) >= 11 is 0. The maximum atomic E-state index is 13.6. The zero-order valence-electron chi connectivity index (χ0n) is 20.8. The van der Waals surface area contributed by atoms with E-state index in [-0.39, 0.29) is 36.0 Å². The highest BCUT2D eigenvalue weighted by Crippen LogP contribution is 2.48. The molecule has 1 amide bonds. The number of nitrogens with zero attached hydrogens (tertiary/aromatic N) is 3. The van der Waals surface area contributed by atoms with E-state index >= 15 is 0 Å². The monoisotopic (exact) mass is 474 g/mol. The lowest BCUT2D eigenvalue weighted by molar-refractivity contribution is -0.120. The number of carbonyl (C=O) groups is 1. The topological polar surface area (TPSA) is 90.6 Å². The minimum atomic E-state index is -0.312. The molecule has 1 aliphatic carbocycles. The molecular formula is C28H34N4O3. The Morgan fingerprint density at radius 1 is 1.06 bits per heavy atom. The van der Waals surface area contributed by atoms with Crippen molar-refractivity contribution >= 4 is 11.6 Å². The molecule has 4 rings (SSSR count). The third kappa shape index (κ3) is 6.05. The lowest BCUT2D eigenvalue weighted by Gasteiger charge is -2.29. The minimum absolute atomic E-state index is 0.0651. The lowest BCUT2D eigenvalue weighted by Crippen LogP contribution is -2.47. The van der Waals surface area contributed by atoms with E-state index in [4.69, 9.17) is 15.2 Å². The molecule has 0 bridgehead atoms. The Kier molecular flexibility index (Phi) is 7.78. The molecule has 0 radical (unpaired) electrons. The standard InChI is InChI=1S/C28H34N4O3/c1-18(2)35-23-11-7-21(8-12-23)20-5-9-22(10-6-20)32(16-26(29)19(3)34-4)28(33)25-15-24(25)27-13-14-30-17-31-27/h5-14,17-19,24-26H,15-16,29H2,1-4H3/t19-,24-,25-,26-/m1/s1. The first-order valence-corrected chi connectivity index (χ1v) is 12.1. The van der Waals surface area contributed by atoms with Crippen LogP contribution in [0.1, 0.15) is 38.8 Å². The van der Waals surface area contributed by atoms with Crippen molar-refractivity contribution < 1.29 is 14.3 Å². The first kappa shape index (κ1) is 24.8. The van der Waals surface area contributed by atoms with Crippen LogP contribution in [0.25, 0.3) is 11.1 Å². The van der Waals surface area contributed by atoms with Gasteiger partial charge in [0.1, 0.15) is 12.1 Å². The smallest absolute Gasteiger partial charge is 0.230 e. The number of nitrogens with two attached hydrogens (primary N) is 1. The number of aromatic nitrogens is 2. The Morgan fingerprint density at radius 2 is 1.71 bits per heavy atom. The van der Waals surface area contributed by atoms with Crippen LogP contribution in [-0.4, -0.2) is 47.8 Å². The molecule has 35 heavy (non-hydrogen) atoms. The number of benzene rings is 2. The molecule has 1 aliphatic rings. The van der Waals surface area contributed by atoms with Gasteiger partial charge in [0.25, 0.3) is 0 Å². The fourth-order valence-corrected chi connectivity index (χ4v) is 4.20. The first-order valence-electron chi connectivity index (χ1n) is 12.1. The number of hydrogen-bond acceptors (Lipinski definition) is 6. The molecule has 0 unspecified atom stereocenters. The molecule has 0 saturated heterocycles. The van der Waals surface area contributed by atoms with Gasteiger partial charge in [-0.15, -0.1) is 0 Å². The van der Waals surface area contributed by atoms with Crippen LogP contribution in [0, 0.1) is 5.92 Å². The number of amides is 1. The van der Waals surface area contributed by atoms with Gasteiger partial charge in [-0.1, -0.05) is 24.3 Å². The van der Waals surface area contributed by atoms with Crippen LogP contribution in [0.4, 0.5) is 5.69 Å². The number of ether oxygens (including phenoxy) is 2. The molecule has 2 N–H and O–H groups in total. The Bertz CT molecular complexity index is 1100. The molecular weight excluding hydrogens is 440 g/mol. The van der Waals surface area contributed by atoms with Gasteiger partial charge in [0.15, 0.2) is 0 Å². The number of anilines is 1. The Balaban J connectivity index is 1.53. The molecule has 1 fully saturated rings.